The van der Waals surface area contributed by atoms with Gasteiger partial charge in [0.05, 0.1) is 17.6 Å². The van der Waals surface area contributed by atoms with E-state index in [0.717, 1.165) is 3.57 Å². The number of H-pyrrole nitrogens is 1. The monoisotopic (exact) mass is 474 g/mol. The van der Waals surface area contributed by atoms with Crippen LogP contribution >= 0.6 is 22.6 Å². The fourth-order valence-electron chi connectivity index (χ4n) is 2.94. The van der Waals surface area contributed by atoms with Crippen LogP contribution in [0.25, 0.3) is 11.0 Å². The van der Waals surface area contributed by atoms with Crippen LogP contribution in [0.4, 0.5) is 5.95 Å². The molecule has 0 aromatic carbocycles. The second-order valence-corrected chi connectivity index (χ2v) is 8.70. The lowest BCUT2D eigenvalue weighted by molar-refractivity contribution is -0.123. The molecule has 26 heavy (non-hydrogen) atoms. The van der Waals surface area contributed by atoms with Crippen molar-refractivity contribution >= 4 is 45.5 Å². The van der Waals surface area contributed by atoms with Crippen LogP contribution in [0.5, 0.6) is 0 Å². The van der Waals surface area contributed by atoms with Gasteiger partial charge in [-0.3, -0.25) is 19.9 Å². The van der Waals surface area contributed by atoms with Gasteiger partial charge in [-0.2, -0.15) is 4.98 Å². The summed E-state index contributed by atoms with van der Waals surface area (Å²) in [6, 6.07) is 0. The first kappa shape index (κ1) is 19.3. The van der Waals surface area contributed by atoms with E-state index in [4.69, 9.17) is 4.74 Å². The number of rotatable bonds is 3. The molecule has 0 spiro atoms. The molecule has 1 amide bonds. The lowest BCUT2D eigenvalue weighted by Crippen LogP contribution is -2.29. The molecule has 1 aliphatic rings. The summed E-state index contributed by atoms with van der Waals surface area (Å²) >= 11 is 2.07. The van der Waals surface area contributed by atoms with E-state index in [1.807, 2.05) is 6.92 Å². The molecule has 0 unspecified atom stereocenters. The van der Waals surface area contributed by atoms with Gasteiger partial charge in [0.25, 0.3) is 5.56 Å². The van der Waals surface area contributed by atoms with Gasteiger partial charge in [-0.1, -0.05) is 27.7 Å². The fourth-order valence-corrected chi connectivity index (χ4v) is 3.73. The van der Waals surface area contributed by atoms with Crippen LogP contribution in [0.15, 0.2) is 11.0 Å². The molecule has 1 fully saturated rings. The third kappa shape index (κ3) is 3.52. The number of hydrogen-bond donors (Lipinski definition) is 3. The molecule has 1 aliphatic heterocycles. The summed E-state index contributed by atoms with van der Waals surface area (Å²) in [4.78, 5) is 31.8. The number of hydrogen-bond acceptors (Lipinski definition) is 5. The third-order valence-corrected chi connectivity index (χ3v) is 5.28. The number of nitrogens with zero attached hydrogens (tertiary/aromatic N) is 2. The van der Waals surface area contributed by atoms with E-state index in [1.165, 1.54) is 0 Å². The summed E-state index contributed by atoms with van der Waals surface area (Å²) in [6.07, 6.45) is 1.73. The Morgan fingerprint density at radius 3 is 2.81 bits per heavy atom. The molecule has 9 heteroatoms. The Labute approximate surface area is 164 Å². The van der Waals surface area contributed by atoms with E-state index < -0.39 is 17.7 Å². The second-order valence-electron chi connectivity index (χ2n) is 7.54. The molecule has 2 aromatic heterocycles. The van der Waals surface area contributed by atoms with E-state index >= 15 is 0 Å². The first-order valence-electron chi connectivity index (χ1n) is 8.57. The summed E-state index contributed by atoms with van der Waals surface area (Å²) in [6.45, 7) is 7.30. The highest BCUT2D eigenvalue weighted by atomic mass is 127. The Morgan fingerprint density at radius 1 is 1.54 bits per heavy atom. The van der Waals surface area contributed by atoms with E-state index in [-0.39, 0.29) is 23.5 Å². The van der Waals surface area contributed by atoms with Crippen molar-refractivity contribution in [1.82, 2.24) is 14.5 Å². The molecule has 1 saturated heterocycles. The molecule has 142 valence electrons. The van der Waals surface area contributed by atoms with Crippen LogP contribution in [0.3, 0.4) is 0 Å². The maximum Gasteiger partial charge on any atom is 0.262 e. The molecular weight excluding hydrogens is 451 g/mol. The average Bonchev–Trinajstić information content (AvgIpc) is 3.06. The number of amides is 1. The first-order valence-corrected chi connectivity index (χ1v) is 9.65. The molecule has 0 saturated carbocycles. The number of nitrogens with one attached hydrogen (secondary N) is 2. The molecule has 2 aromatic rings. The maximum atomic E-state index is 12.5. The van der Waals surface area contributed by atoms with Crippen molar-refractivity contribution in [2.24, 2.45) is 5.41 Å². The Kier molecular flexibility index (Phi) is 5.15. The molecular formula is C17H23IN4O4. The Bertz CT molecular complexity index is 899. The highest BCUT2D eigenvalue weighted by Crippen LogP contribution is 2.33. The molecule has 3 N–H and O–H groups in total. The van der Waals surface area contributed by atoms with Crippen molar-refractivity contribution in [1.29, 1.82) is 0 Å². The second kappa shape index (κ2) is 6.93. The van der Waals surface area contributed by atoms with Crippen molar-refractivity contribution in [3.8, 4) is 0 Å². The van der Waals surface area contributed by atoms with Gasteiger partial charge in [0.15, 0.2) is 5.65 Å². The zero-order valence-corrected chi connectivity index (χ0v) is 17.3. The minimum absolute atomic E-state index is 0.101. The number of aromatic nitrogens is 3. The lowest BCUT2D eigenvalue weighted by Gasteiger charge is -2.17. The average molecular weight is 474 g/mol. The van der Waals surface area contributed by atoms with Gasteiger partial charge >= 0.3 is 0 Å². The number of aliphatic hydroxyl groups is 1. The van der Waals surface area contributed by atoms with Crippen molar-refractivity contribution in [2.45, 2.75) is 59.0 Å². The fraction of sp³-hybridized carbons (Fsp3) is 0.588. The maximum absolute atomic E-state index is 12.5. The number of anilines is 1. The zero-order chi connectivity index (χ0) is 19.2. The van der Waals surface area contributed by atoms with Crippen molar-refractivity contribution in [2.75, 3.05) is 5.32 Å². The predicted molar refractivity (Wildman–Crippen MR) is 106 cm³/mol. The van der Waals surface area contributed by atoms with Crippen LogP contribution < -0.4 is 10.9 Å². The largest absolute Gasteiger partial charge is 0.390 e. The van der Waals surface area contributed by atoms with Crippen LogP contribution in [0.1, 0.15) is 46.8 Å². The Balaban J connectivity index is 2.03. The van der Waals surface area contributed by atoms with E-state index in [0.29, 0.717) is 23.9 Å². The van der Waals surface area contributed by atoms with Crippen LogP contribution in [-0.2, 0) is 9.53 Å². The van der Waals surface area contributed by atoms with E-state index in [2.05, 4.69) is 37.9 Å². The van der Waals surface area contributed by atoms with E-state index in [9.17, 15) is 14.7 Å². The first-order chi connectivity index (χ1) is 12.1. The summed E-state index contributed by atoms with van der Waals surface area (Å²) in [5.74, 6) is -0.143. The standard InChI is InChI=1S/C17H23IN4O4/c1-5-10-9(23)6-11(26-10)22-7-8(18)12-13(22)19-16(20-14(12)24)21-15(25)17(2,3)4/h7,9-11,23H,5-6H2,1-4H3,(H2,19,20,21,24,25)/t9-,10-,11-/m1/s1. The van der Waals surface area contributed by atoms with Crippen molar-refractivity contribution in [3.63, 3.8) is 0 Å². The molecule has 0 radical (unpaired) electrons. The van der Waals surface area contributed by atoms with Gasteiger partial charge in [-0.05, 0) is 29.0 Å². The number of halogens is 1. The topological polar surface area (TPSA) is 109 Å². The Morgan fingerprint density at radius 2 is 2.23 bits per heavy atom. The van der Waals surface area contributed by atoms with Gasteiger partial charge < -0.3 is 14.4 Å². The Hall–Kier alpha value is -1.46. The molecule has 3 rings (SSSR count). The van der Waals surface area contributed by atoms with Crippen LogP contribution in [0, 0.1) is 8.99 Å². The quantitative estimate of drug-likeness (QED) is 0.592. The number of aromatic amines is 1. The summed E-state index contributed by atoms with van der Waals surface area (Å²) < 4.78 is 8.41. The number of ether oxygens (including phenoxy) is 1. The lowest BCUT2D eigenvalue weighted by atomic mass is 9.96. The SMILES string of the molecule is CC[C@H]1O[C@@H](n2cc(I)c3c(=O)[nH]c(NC(=O)C(C)(C)C)nc32)C[C@H]1O. The molecule has 0 aliphatic carbocycles. The number of aliphatic hydroxyl groups excluding tert-OH is 1. The third-order valence-electron chi connectivity index (χ3n) is 4.47. The van der Waals surface area contributed by atoms with Crippen molar-refractivity contribution < 1.29 is 14.6 Å². The van der Waals surface area contributed by atoms with E-state index in [1.54, 1.807) is 31.5 Å². The summed E-state index contributed by atoms with van der Waals surface area (Å²) in [5.41, 5.74) is -0.513. The molecule has 3 heterocycles. The summed E-state index contributed by atoms with van der Waals surface area (Å²) in [5, 5.41) is 13.2. The molecule has 8 nitrogen and oxygen atoms in total. The number of carbonyl (C=O) groups is 1. The van der Waals surface area contributed by atoms with Gasteiger partial charge in [-0.15, -0.1) is 0 Å². The minimum Gasteiger partial charge on any atom is -0.390 e. The van der Waals surface area contributed by atoms with Gasteiger partial charge in [0.1, 0.15) is 6.23 Å². The van der Waals surface area contributed by atoms with Gasteiger partial charge in [0, 0.05) is 21.6 Å². The summed E-state index contributed by atoms with van der Waals surface area (Å²) in [7, 11) is 0. The molecule has 0 bridgehead atoms. The van der Waals surface area contributed by atoms with Crippen LogP contribution in [-0.4, -0.2) is 37.8 Å². The minimum atomic E-state index is -0.614. The highest BCUT2D eigenvalue weighted by molar-refractivity contribution is 14.1. The number of fused-ring (bicyclic) bond motifs is 1. The zero-order valence-electron chi connectivity index (χ0n) is 15.2. The predicted octanol–water partition coefficient (Wildman–Crippen LogP) is 2.37. The van der Waals surface area contributed by atoms with Crippen LogP contribution in [0.2, 0.25) is 0 Å². The van der Waals surface area contributed by atoms with Gasteiger partial charge in [0.2, 0.25) is 11.9 Å². The highest BCUT2D eigenvalue weighted by Gasteiger charge is 2.35. The van der Waals surface area contributed by atoms with Crippen molar-refractivity contribution in [3.05, 3.63) is 20.1 Å². The smallest absolute Gasteiger partial charge is 0.262 e. The normalized spacial score (nSPS) is 23.5. The molecule has 3 atom stereocenters. The number of carbonyl (C=O) groups excluding carboxylic acids is 1. The van der Waals surface area contributed by atoms with Gasteiger partial charge in [-0.25, -0.2) is 0 Å².